The van der Waals surface area contributed by atoms with Gasteiger partial charge in [0, 0.05) is 10.9 Å². The average molecular weight is 401 g/mol. The average Bonchev–Trinajstić information content (AvgIpc) is 3.26. The van der Waals surface area contributed by atoms with Crippen molar-refractivity contribution in [2.24, 2.45) is 23.7 Å². The summed E-state index contributed by atoms with van der Waals surface area (Å²) in [6.45, 7) is 0. The van der Waals surface area contributed by atoms with Crippen LogP contribution in [0.5, 0.6) is 0 Å². The van der Waals surface area contributed by atoms with Crippen LogP contribution in [0, 0.1) is 23.7 Å². The first-order valence-corrected chi connectivity index (χ1v) is 11.0. The number of allylic oxidation sites excluding steroid dienone is 2. The third-order valence-corrected chi connectivity index (χ3v) is 7.84. The summed E-state index contributed by atoms with van der Waals surface area (Å²) in [5, 5.41) is 16.3. The normalized spacial score (nSPS) is 30.1. The fraction of sp³-hybridized carbons (Fsp3) is 0.571. The lowest BCUT2D eigenvalue weighted by atomic mass is 9.62. The number of hydrogen-bond donors (Lipinski definition) is 3. The van der Waals surface area contributed by atoms with E-state index in [1.165, 1.54) is 16.2 Å². The van der Waals surface area contributed by atoms with E-state index in [1.807, 2.05) is 12.2 Å². The van der Waals surface area contributed by atoms with Crippen molar-refractivity contribution in [1.29, 1.82) is 0 Å². The number of anilines is 1. The zero-order valence-electron chi connectivity index (χ0n) is 15.6. The molecule has 0 unspecified atom stereocenters. The molecule has 1 aromatic heterocycles. The molecule has 1 heterocycles. The molecule has 5 aliphatic rings. The third-order valence-electron chi connectivity index (χ3n) is 6.63. The molecule has 2 fully saturated rings. The van der Waals surface area contributed by atoms with Crippen molar-refractivity contribution in [3.63, 3.8) is 0 Å². The first-order valence-electron chi connectivity index (χ1n) is 10.2. The van der Waals surface area contributed by atoms with Crippen LogP contribution in [0.2, 0.25) is 0 Å². The molecule has 28 heavy (non-hydrogen) atoms. The Balaban J connectivity index is 1.43. The van der Waals surface area contributed by atoms with Gasteiger partial charge in [0.15, 0.2) is 0 Å². The van der Waals surface area contributed by atoms with Gasteiger partial charge in [-0.25, -0.2) is 0 Å². The van der Waals surface area contributed by atoms with Gasteiger partial charge in [-0.3, -0.25) is 14.4 Å². The molecule has 0 radical (unpaired) electrons. The summed E-state index contributed by atoms with van der Waals surface area (Å²) >= 11 is 1.49. The Morgan fingerprint density at radius 2 is 1.71 bits per heavy atom. The number of nitrogens with one attached hydrogen (secondary N) is 2. The maximum Gasteiger partial charge on any atom is 0.307 e. The van der Waals surface area contributed by atoms with Gasteiger partial charge >= 0.3 is 5.97 Å². The second kappa shape index (κ2) is 6.72. The Morgan fingerprint density at radius 1 is 1.00 bits per heavy atom. The first-order chi connectivity index (χ1) is 13.5. The molecular weight excluding hydrogens is 376 g/mol. The van der Waals surface area contributed by atoms with Crippen molar-refractivity contribution in [2.45, 2.75) is 51.0 Å². The number of carboxylic acids is 1. The minimum absolute atomic E-state index is 0.0401. The van der Waals surface area contributed by atoms with Gasteiger partial charge in [0.25, 0.3) is 5.91 Å². The number of rotatable bonds is 5. The summed E-state index contributed by atoms with van der Waals surface area (Å²) in [6, 6.07) is 0.253. The van der Waals surface area contributed by atoms with E-state index < -0.39 is 17.8 Å². The predicted molar refractivity (Wildman–Crippen MR) is 105 cm³/mol. The van der Waals surface area contributed by atoms with Gasteiger partial charge in [-0.1, -0.05) is 12.2 Å². The summed E-state index contributed by atoms with van der Waals surface area (Å²) in [4.78, 5) is 39.0. The second-order valence-electron chi connectivity index (χ2n) is 8.48. The van der Waals surface area contributed by atoms with Gasteiger partial charge in [-0.2, -0.15) is 0 Å². The molecule has 4 atom stereocenters. The fourth-order valence-corrected chi connectivity index (χ4v) is 6.39. The molecule has 0 saturated heterocycles. The molecule has 2 saturated carbocycles. The number of amides is 2. The number of hydrogen-bond acceptors (Lipinski definition) is 4. The Bertz CT molecular complexity index is 885. The van der Waals surface area contributed by atoms with Crippen LogP contribution in [0.1, 0.15) is 52.9 Å². The third kappa shape index (κ3) is 2.96. The smallest absolute Gasteiger partial charge is 0.307 e. The summed E-state index contributed by atoms with van der Waals surface area (Å²) in [6.07, 6.45) is 10.5. The topological polar surface area (TPSA) is 95.5 Å². The van der Waals surface area contributed by atoms with Crippen molar-refractivity contribution in [3.05, 3.63) is 28.2 Å². The molecule has 3 N–H and O–H groups in total. The Labute approximate surface area is 167 Å². The summed E-state index contributed by atoms with van der Waals surface area (Å²) < 4.78 is 0. The van der Waals surface area contributed by atoms with E-state index in [1.54, 1.807) is 0 Å². The molecule has 2 amide bonds. The van der Waals surface area contributed by atoms with Crippen molar-refractivity contribution in [3.8, 4) is 0 Å². The number of aryl methyl sites for hydroxylation is 1. The molecule has 148 valence electrons. The SMILES string of the molecule is O=C(NC1CC1)c1c(NC(=O)[C@H]2[C@@H](C(=O)O)[C@H]3C=C[C@H]2CC3)sc2c1CCC2. The lowest BCUT2D eigenvalue weighted by Gasteiger charge is -2.41. The molecule has 6 nitrogen and oxygen atoms in total. The van der Waals surface area contributed by atoms with Gasteiger partial charge in [-0.15, -0.1) is 11.3 Å². The largest absolute Gasteiger partial charge is 0.481 e. The second-order valence-corrected chi connectivity index (χ2v) is 9.58. The quantitative estimate of drug-likeness (QED) is 0.662. The molecule has 7 heteroatoms. The molecule has 0 spiro atoms. The van der Waals surface area contributed by atoms with E-state index in [-0.39, 0.29) is 29.7 Å². The van der Waals surface area contributed by atoms with Crippen LogP contribution < -0.4 is 10.6 Å². The molecule has 0 aromatic carbocycles. The molecule has 1 aromatic rings. The van der Waals surface area contributed by atoms with Gasteiger partial charge in [0.05, 0.1) is 17.4 Å². The zero-order valence-corrected chi connectivity index (χ0v) is 16.4. The Hall–Kier alpha value is -2.15. The minimum Gasteiger partial charge on any atom is -0.481 e. The Morgan fingerprint density at radius 3 is 2.36 bits per heavy atom. The van der Waals surface area contributed by atoms with Crippen LogP contribution in [-0.4, -0.2) is 28.9 Å². The Kier molecular flexibility index (Phi) is 4.30. The van der Waals surface area contributed by atoms with E-state index in [0.717, 1.165) is 50.5 Å². The standard InChI is InChI=1S/C21H24N2O4S/c24-18(15-10-4-6-11(7-5-10)16(15)21(26)27)23-20-17(19(25)22-12-8-9-12)13-2-1-3-14(13)28-20/h4,6,10-12,15-16H,1-3,5,7-9H2,(H,22,25)(H,23,24)(H,26,27)/t10-,11-,15+,16-/m0/s1. The van der Waals surface area contributed by atoms with Crippen molar-refractivity contribution < 1.29 is 19.5 Å². The van der Waals surface area contributed by atoms with Crippen LogP contribution in [0.15, 0.2) is 12.2 Å². The van der Waals surface area contributed by atoms with Crippen molar-refractivity contribution in [1.82, 2.24) is 5.32 Å². The maximum absolute atomic E-state index is 13.2. The lowest BCUT2D eigenvalue weighted by molar-refractivity contribution is -0.151. The highest BCUT2D eigenvalue weighted by Gasteiger charge is 2.48. The molecular formula is C21H24N2O4S. The van der Waals surface area contributed by atoms with Crippen LogP contribution in [0.25, 0.3) is 0 Å². The van der Waals surface area contributed by atoms with E-state index >= 15 is 0 Å². The summed E-state index contributed by atoms with van der Waals surface area (Å²) in [5.41, 5.74) is 1.68. The minimum atomic E-state index is -0.903. The highest BCUT2D eigenvalue weighted by molar-refractivity contribution is 7.17. The molecule has 5 aliphatic carbocycles. The first kappa shape index (κ1) is 17.9. The molecule has 0 aliphatic heterocycles. The number of thiophene rings is 1. The van der Waals surface area contributed by atoms with Crippen molar-refractivity contribution in [2.75, 3.05) is 5.32 Å². The van der Waals surface area contributed by atoms with E-state index in [4.69, 9.17) is 0 Å². The number of aliphatic carboxylic acids is 1. The summed E-state index contributed by atoms with van der Waals surface area (Å²) in [5.74, 6) is -2.63. The highest BCUT2D eigenvalue weighted by Crippen LogP contribution is 2.46. The number of carbonyl (C=O) groups excluding carboxylic acids is 2. The molecule has 6 rings (SSSR count). The van der Waals surface area contributed by atoms with Crippen molar-refractivity contribution >= 4 is 34.1 Å². The predicted octanol–water partition coefficient (Wildman–Crippen LogP) is 2.98. The van der Waals surface area contributed by atoms with Crippen LogP contribution >= 0.6 is 11.3 Å². The van der Waals surface area contributed by atoms with E-state index in [2.05, 4.69) is 10.6 Å². The van der Waals surface area contributed by atoms with Gasteiger partial charge in [-0.05, 0) is 62.3 Å². The molecule has 2 bridgehead atoms. The monoisotopic (exact) mass is 400 g/mol. The lowest BCUT2D eigenvalue weighted by Crippen LogP contribution is -2.47. The van der Waals surface area contributed by atoms with E-state index in [0.29, 0.717) is 10.6 Å². The number of carbonyl (C=O) groups is 3. The summed E-state index contributed by atoms with van der Waals surface area (Å²) in [7, 11) is 0. The van der Waals surface area contributed by atoms with Crippen LogP contribution in [0.3, 0.4) is 0 Å². The van der Waals surface area contributed by atoms with E-state index in [9.17, 15) is 19.5 Å². The van der Waals surface area contributed by atoms with Gasteiger partial charge in [0.2, 0.25) is 5.91 Å². The number of carboxylic acid groups (broad SMARTS) is 1. The van der Waals surface area contributed by atoms with Crippen LogP contribution in [0.4, 0.5) is 5.00 Å². The number of fused-ring (bicyclic) bond motifs is 3. The van der Waals surface area contributed by atoms with Gasteiger partial charge < -0.3 is 15.7 Å². The van der Waals surface area contributed by atoms with Gasteiger partial charge in [0.1, 0.15) is 5.00 Å². The highest BCUT2D eigenvalue weighted by atomic mass is 32.1. The fourth-order valence-electron chi connectivity index (χ4n) is 5.10. The zero-order chi connectivity index (χ0) is 19.4. The maximum atomic E-state index is 13.2. The van der Waals surface area contributed by atoms with Crippen LogP contribution in [-0.2, 0) is 22.4 Å².